The summed E-state index contributed by atoms with van der Waals surface area (Å²) >= 11 is 1.64. The van der Waals surface area contributed by atoms with E-state index < -0.39 is 10.0 Å². The van der Waals surface area contributed by atoms with E-state index in [2.05, 4.69) is 25.3 Å². The Morgan fingerprint density at radius 2 is 2.09 bits per heavy atom. The maximum absolute atomic E-state index is 11.2. The molecule has 0 aliphatic rings. The number of halogens is 1. The fourth-order valence-electron chi connectivity index (χ4n) is 1.49. The molecule has 0 fully saturated rings. The van der Waals surface area contributed by atoms with E-state index >= 15 is 0 Å². The Kier molecular flexibility index (Phi) is 10.9. The second-order valence-electron chi connectivity index (χ2n) is 4.37. The summed E-state index contributed by atoms with van der Waals surface area (Å²) in [6, 6.07) is 0. The number of guanidine groups is 1. The molecule has 1 aromatic heterocycles. The molecule has 128 valence electrons. The zero-order valence-corrected chi connectivity index (χ0v) is 17.0. The molecule has 10 heteroatoms. The highest BCUT2D eigenvalue weighted by Gasteiger charge is 2.05. The second kappa shape index (κ2) is 11.1. The van der Waals surface area contributed by atoms with Crippen LogP contribution in [-0.2, 0) is 16.6 Å². The van der Waals surface area contributed by atoms with Gasteiger partial charge in [-0.25, -0.2) is 18.1 Å². The second-order valence-corrected chi connectivity index (χ2v) is 7.78. The quantitative estimate of drug-likeness (QED) is 0.233. The van der Waals surface area contributed by atoms with Gasteiger partial charge in [0.15, 0.2) is 5.96 Å². The van der Waals surface area contributed by atoms with E-state index in [0.717, 1.165) is 5.01 Å². The standard InChI is InChI=1S/C12H23N5O2S2.HI/c1-4-21(18,19)17-7-5-6-14-12(13-3)16-9-11-15-8-10(2)20-11;/h8,17H,4-7,9H2,1-3H3,(H2,13,14,16);1H. The van der Waals surface area contributed by atoms with Crippen LogP contribution in [0.5, 0.6) is 0 Å². The van der Waals surface area contributed by atoms with E-state index in [-0.39, 0.29) is 29.7 Å². The summed E-state index contributed by atoms with van der Waals surface area (Å²) in [5, 5.41) is 7.30. The van der Waals surface area contributed by atoms with Crippen LogP contribution in [0.25, 0.3) is 0 Å². The van der Waals surface area contributed by atoms with Gasteiger partial charge in [-0.3, -0.25) is 4.99 Å². The summed E-state index contributed by atoms with van der Waals surface area (Å²) in [5.41, 5.74) is 0. The molecule has 0 aromatic carbocycles. The number of hydrogen-bond acceptors (Lipinski definition) is 5. The molecular weight excluding hydrogens is 437 g/mol. The maximum Gasteiger partial charge on any atom is 0.211 e. The molecule has 1 rings (SSSR count). The third-order valence-corrected chi connectivity index (χ3v) is 4.96. The molecule has 0 amide bonds. The topological polar surface area (TPSA) is 95.5 Å². The molecule has 0 saturated heterocycles. The number of sulfonamides is 1. The van der Waals surface area contributed by atoms with Crippen molar-refractivity contribution in [3.8, 4) is 0 Å². The molecule has 0 aliphatic carbocycles. The Morgan fingerprint density at radius 1 is 1.36 bits per heavy atom. The molecule has 0 atom stereocenters. The van der Waals surface area contributed by atoms with Gasteiger partial charge in [0.25, 0.3) is 0 Å². The number of nitrogens with one attached hydrogen (secondary N) is 3. The lowest BCUT2D eigenvalue weighted by atomic mass is 10.4. The molecule has 22 heavy (non-hydrogen) atoms. The minimum Gasteiger partial charge on any atom is -0.356 e. The van der Waals surface area contributed by atoms with E-state index in [1.165, 1.54) is 4.88 Å². The van der Waals surface area contributed by atoms with Crippen LogP contribution in [-0.4, -0.2) is 45.3 Å². The van der Waals surface area contributed by atoms with Gasteiger partial charge in [0.05, 0.1) is 12.3 Å². The van der Waals surface area contributed by atoms with Gasteiger partial charge in [-0.1, -0.05) is 0 Å². The van der Waals surface area contributed by atoms with Crippen LogP contribution < -0.4 is 15.4 Å². The van der Waals surface area contributed by atoms with E-state index in [9.17, 15) is 8.42 Å². The molecule has 7 nitrogen and oxygen atoms in total. The van der Waals surface area contributed by atoms with Crippen LogP contribution in [0.2, 0.25) is 0 Å². The van der Waals surface area contributed by atoms with Gasteiger partial charge >= 0.3 is 0 Å². The van der Waals surface area contributed by atoms with Crippen molar-refractivity contribution < 1.29 is 8.42 Å². The zero-order valence-electron chi connectivity index (χ0n) is 13.0. The van der Waals surface area contributed by atoms with Gasteiger partial charge in [0.2, 0.25) is 10.0 Å². The average molecular weight is 461 g/mol. The van der Waals surface area contributed by atoms with Gasteiger partial charge in [-0.05, 0) is 20.3 Å². The number of aromatic nitrogens is 1. The van der Waals surface area contributed by atoms with Crippen LogP contribution >= 0.6 is 35.3 Å². The third-order valence-electron chi connectivity index (χ3n) is 2.65. The van der Waals surface area contributed by atoms with Crippen LogP contribution in [0.15, 0.2) is 11.2 Å². The average Bonchev–Trinajstić information content (AvgIpc) is 2.87. The molecule has 1 aromatic rings. The van der Waals surface area contributed by atoms with E-state index in [1.54, 1.807) is 25.3 Å². The third kappa shape index (κ3) is 8.86. The molecule has 0 spiro atoms. The van der Waals surface area contributed by atoms with Crippen molar-refractivity contribution in [1.82, 2.24) is 20.3 Å². The van der Waals surface area contributed by atoms with Crippen LogP contribution in [0.4, 0.5) is 0 Å². The fourth-order valence-corrected chi connectivity index (χ4v) is 2.87. The summed E-state index contributed by atoms with van der Waals surface area (Å²) in [5.74, 6) is 0.790. The van der Waals surface area contributed by atoms with E-state index in [4.69, 9.17) is 0 Å². The lowest BCUT2D eigenvalue weighted by molar-refractivity contribution is 0.579. The first-order chi connectivity index (χ1) is 9.96. The summed E-state index contributed by atoms with van der Waals surface area (Å²) < 4.78 is 25.0. The summed E-state index contributed by atoms with van der Waals surface area (Å²) in [6.07, 6.45) is 2.54. The van der Waals surface area contributed by atoms with Crippen molar-refractivity contribution in [1.29, 1.82) is 0 Å². The molecule has 0 unspecified atom stereocenters. The fraction of sp³-hybridized carbons (Fsp3) is 0.667. The first kappa shape index (κ1) is 21.5. The van der Waals surface area contributed by atoms with Crippen LogP contribution in [0.1, 0.15) is 23.2 Å². The van der Waals surface area contributed by atoms with Crippen molar-refractivity contribution in [2.45, 2.75) is 26.8 Å². The summed E-state index contributed by atoms with van der Waals surface area (Å²) in [4.78, 5) is 9.55. The molecule has 3 N–H and O–H groups in total. The Balaban J connectivity index is 0.00000441. The summed E-state index contributed by atoms with van der Waals surface area (Å²) in [7, 11) is -1.40. The van der Waals surface area contributed by atoms with Gasteiger partial charge in [0, 0.05) is 31.2 Å². The van der Waals surface area contributed by atoms with E-state index in [0.29, 0.717) is 32.0 Å². The number of hydrogen-bond donors (Lipinski definition) is 3. The first-order valence-corrected chi connectivity index (χ1v) is 9.27. The SMILES string of the molecule is CCS(=O)(=O)NCCCNC(=NC)NCc1ncc(C)s1.I. The number of aliphatic imine (C=N–C) groups is 1. The number of aryl methyl sites for hydroxylation is 1. The number of rotatable bonds is 8. The monoisotopic (exact) mass is 461 g/mol. The lowest BCUT2D eigenvalue weighted by Crippen LogP contribution is -2.38. The van der Waals surface area contributed by atoms with Crippen molar-refractivity contribution in [3.63, 3.8) is 0 Å². The van der Waals surface area contributed by atoms with Crippen molar-refractivity contribution in [2.75, 3.05) is 25.9 Å². The maximum atomic E-state index is 11.2. The van der Waals surface area contributed by atoms with Gasteiger partial charge in [-0.15, -0.1) is 35.3 Å². The zero-order chi connectivity index (χ0) is 15.7. The van der Waals surface area contributed by atoms with Crippen molar-refractivity contribution in [3.05, 3.63) is 16.1 Å². The van der Waals surface area contributed by atoms with Crippen LogP contribution in [0.3, 0.4) is 0 Å². The normalized spacial score (nSPS) is 11.9. The smallest absolute Gasteiger partial charge is 0.211 e. The van der Waals surface area contributed by atoms with E-state index in [1.807, 2.05) is 13.1 Å². The molecule has 0 bridgehead atoms. The highest BCUT2D eigenvalue weighted by Crippen LogP contribution is 2.10. The van der Waals surface area contributed by atoms with Crippen LogP contribution in [0, 0.1) is 6.92 Å². The molecular formula is C12H24IN5O2S2. The Hall–Kier alpha value is -0.460. The minimum absolute atomic E-state index is 0. The highest BCUT2D eigenvalue weighted by molar-refractivity contribution is 14.0. The summed E-state index contributed by atoms with van der Waals surface area (Å²) in [6.45, 7) is 5.33. The Labute approximate surface area is 153 Å². The number of thiazole rings is 1. The minimum atomic E-state index is -3.10. The first-order valence-electron chi connectivity index (χ1n) is 6.80. The largest absolute Gasteiger partial charge is 0.356 e. The highest BCUT2D eigenvalue weighted by atomic mass is 127. The molecule has 0 radical (unpaired) electrons. The van der Waals surface area contributed by atoms with Gasteiger partial charge in [-0.2, -0.15) is 0 Å². The molecule has 0 saturated carbocycles. The predicted octanol–water partition coefficient (Wildman–Crippen LogP) is 1.06. The predicted molar refractivity (Wildman–Crippen MR) is 103 cm³/mol. The van der Waals surface area contributed by atoms with Crippen molar-refractivity contribution in [2.24, 2.45) is 4.99 Å². The molecule has 1 heterocycles. The van der Waals surface area contributed by atoms with Crippen molar-refractivity contribution >= 4 is 51.3 Å². The number of nitrogens with zero attached hydrogens (tertiary/aromatic N) is 2. The molecule has 0 aliphatic heterocycles. The Bertz CT molecular complexity index is 560. The van der Waals surface area contributed by atoms with Gasteiger partial charge < -0.3 is 10.6 Å². The lowest BCUT2D eigenvalue weighted by Gasteiger charge is -2.11. The van der Waals surface area contributed by atoms with Gasteiger partial charge in [0.1, 0.15) is 5.01 Å². The Morgan fingerprint density at radius 3 is 2.64 bits per heavy atom.